The molecule has 3 N–H and O–H groups in total. The van der Waals surface area contributed by atoms with Crippen molar-refractivity contribution >= 4 is 17.3 Å². The Morgan fingerprint density at radius 3 is 2.65 bits per heavy atom. The van der Waals surface area contributed by atoms with Gasteiger partial charge >= 0.3 is 0 Å². The molecule has 0 fully saturated rings. The first-order valence-corrected chi connectivity index (χ1v) is 5.87. The van der Waals surface area contributed by atoms with Gasteiger partial charge < -0.3 is 20.5 Å². The fourth-order valence-corrected chi connectivity index (χ4v) is 1.78. The molecule has 2 aromatic rings. The predicted octanol–water partition coefficient (Wildman–Crippen LogP) is 1.27. The zero-order valence-electron chi connectivity index (χ0n) is 11.5. The molecule has 0 bridgehead atoms. The number of methoxy groups -OCH3 is 2. The number of hydrogen-bond donors (Lipinski definition) is 2. The molecule has 0 aliphatic heterocycles. The molecule has 1 amide bonds. The third-order valence-corrected chi connectivity index (χ3v) is 2.73. The average Bonchev–Trinajstić information content (AvgIpc) is 2.77. The van der Waals surface area contributed by atoms with Crippen molar-refractivity contribution in [1.82, 2.24) is 9.78 Å². The van der Waals surface area contributed by atoms with Gasteiger partial charge in [-0.2, -0.15) is 5.10 Å². The normalized spacial score (nSPS) is 10.2. The van der Waals surface area contributed by atoms with E-state index in [9.17, 15) is 4.79 Å². The van der Waals surface area contributed by atoms with Gasteiger partial charge in [0, 0.05) is 19.3 Å². The summed E-state index contributed by atoms with van der Waals surface area (Å²) in [6.45, 7) is 0. The molecule has 0 unspecified atom stereocenters. The van der Waals surface area contributed by atoms with E-state index in [-0.39, 0.29) is 5.69 Å². The van der Waals surface area contributed by atoms with Gasteiger partial charge in [0.1, 0.15) is 11.5 Å². The van der Waals surface area contributed by atoms with Crippen molar-refractivity contribution in [2.24, 2.45) is 7.05 Å². The number of aromatic nitrogens is 2. The van der Waals surface area contributed by atoms with Crippen LogP contribution in [0.2, 0.25) is 0 Å². The first kappa shape index (κ1) is 13.7. The lowest BCUT2D eigenvalue weighted by Gasteiger charge is -2.11. The lowest BCUT2D eigenvalue weighted by Crippen LogP contribution is -2.15. The minimum absolute atomic E-state index is 0.164. The largest absolute Gasteiger partial charge is 0.497 e. The minimum atomic E-state index is -0.408. The maximum Gasteiger partial charge on any atom is 0.278 e. The van der Waals surface area contributed by atoms with Gasteiger partial charge in [-0.3, -0.25) is 9.48 Å². The number of aryl methyl sites for hydroxylation is 1. The number of carbonyl (C=O) groups is 1. The van der Waals surface area contributed by atoms with Crippen LogP contribution >= 0.6 is 0 Å². The number of rotatable bonds is 4. The van der Waals surface area contributed by atoms with Crippen LogP contribution in [-0.4, -0.2) is 29.9 Å². The van der Waals surface area contributed by atoms with Gasteiger partial charge in [0.25, 0.3) is 5.91 Å². The van der Waals surface area contributed by atoms with E-state index in [1.165, 1.54) is 11.8 Å². The Morgan fingerprint density at radius 2 is 2.10 bits per heavy atom. The second-order valence-corrected chi connectivity index (χ2v) is 4.13. The first-order valence-electron chi connectivity index (χ1n) is 5.87. The van der Waals surface area contributed by atoms with Crippen LogP contribution in [0.25, 0.3) is 0 Å². The molecule has 2 rings (SSSR count). The van der Waals surface area contributed by atoms with Gasteiger partial charge in [-0.1, -0.05) is 0 Å². The number of amides is 1. The molecule has 7 nitrogen and oxygen atoms in total. The molecule has 7 heteroatoms. The number of anilines is 2. The van der Waals surface area contributed by atoms with Gasteiger partial charge in [0.05, 0.1) is 25.6 Å². The number of nitrogens with one attached hydrogen (secondary N) is 1. The maximum atomic E-state index is 12.2. The van der Waals surface area contributed by atoms with E-state index < -0.39 is 5.91 Å². The quantitative estimate of drug-likeness (QED) is 0.877. The third kappa shape index (κ3) is 2.66. The molecule has 0 radical (unpaired) electrons. The predicted molar refractivity (Wildman–Crippen MR) is 75.1 cm³/mol. The van der Waals surface area contributed by atoms with Crippen LogP contribution in [-0.2, 0) is 7.05 Å². The van der Waals surface area contributed by atoms with E-state index >= 15 is 0 Å². The molecule has 20 heavy (non-hydrogen) atoms. The number of hydrogen-bond acceptors (Lipinski definition) is 5. The highest BCUT2D eigenvalue weighted by molar-refractivity contribution is 6.06. The van der Waals surface area contributed by atoms with E-state index in [2.05, 4.69) is 10.4 Å². The van der Waals surface area contributed by atoms with Crippen molar-refractivity contribution in [3.05, 3.63) is 30.1 Å². The van der Waals surface area contributed by atoms with E-state index in [4.69, 9.17) is 15.2 Å². The number of ether oxygens (including phenoxy) is 2. The maximum absolute atomic E-state index is 12.2. The molecule has 1 aromatic carbocycles. The fourth-order valence-electron chi connectivity index (χ4n) is 1.78. The zero-order valence-corrected chi connectivity index (χ0v) is 11.5. The van der Waals surface area contributed by atoms with E-state index in [1.807, 2.05) is 0 Å². The molecule has 0 atom stereocenters. The third-order valence-electron chi connectivity index (χ3n) is 2.73. The van der Waals surface area contributed by atoms with Crippen molar-refractivity contribution in [1.29, 1.82) is 0 Å². The van der Waals surface area contributed by atoms with Gasteiger partial charge in [0.15, 0.2) is 5.69 Å². The van der Waals surface area contributed by atoms with Gasteiger partial charge in [-0.05, 0) is 12.1 Å². The van der Waals surface area contributed by atoms with E-state index in [0.29, 0.717) is 22.9 Å². The summed E-state index contributed by atoms with van der Waals surface area (Å²) in [5, 5.41) is 6.72. The summed E-state index contributed by atoms with van der Waals surface area (Å²) in [6.07, 6.45) is 1.57. The smallest absolute Gasteiger partial charge is 0.278 e. The number of nitrogens with zero attached hydrogens (tertiary/aromatic N) is 2. The van der Waals surface area contributed by atoms with Gasteiger partial charge in [-0.15, -0.1) is 0 Å². The van der Waals surface area contributed by atoms with Crippen LogP contribution in [0.5, 0.6) is 11.5 Å². The first-order chi connectivity index (χ1) is 9.55. The highest BCUT2D eigenvalue weighted by Crippen LogP contribution is 2.29. The molecule has 1 heterocycles. The molecule has 106 valence electrons. The van der Waals surface area contributed by atoms with Crippen LogP contribution in [0, 0.1) is 0 Å². The second-order valence-electron chi connectivity index (χ2n) is 4.13. The molecule has 0 spiro atoms. The van der Waals surface area contributed by atoms with Crippen LogP contribution in [0.15, 0.2) is 24.4 Å². The van der Waals surface area contributed by atoms with Crippen molar-refractivity contribution in [3.8, 4) is 11.5 Å². The SMILES string of the molecule is COc1ccc(OC)c(NC(=O)c2nn(C)cc2N)c1. The topological polar surface area (TPSA) is 91.4 Å². The lowest BCUT2D eigenvalue weighted by molar-refractivity contribution is 0.102. The number of nitrogens with two attached hydrogens (primary N) is 1. The van der Waals surface area contributed by atoms with Crippen molar-refractivity contribution in [3.63, 3.8) is 0 Å². The Kier molecular flexibility index (Phi) is 3.79. The molecule has 0 aliphatic rings. The summed E-state index contributed by atoms with van der Waals surface area (Å²) in [5.41, 5.74) is 6.69. The Morgan fingerprint density at radius 1 is 1.35 bits per heavy atom. The molecular weight excluding hydrogens is 260 g/mol. The standard InChI is InChI=1S/C13H16N4O3/c1-17-7-9(14)12(16-17)13(18)15-10-6-8(19-2)4-5-11(10)20-3/h4-7H,14H2,1-3H3,(H,15,18). The highest BCUT2D eigenvalue weighted by atomic mass is 16.5. The lowest BCUT2D eigenvalue weighted by atomic mass is 10.2. The fraction of sp³-hybridized carbons (Fsp3) is 0.231. The van der Waals surface area contributed by atoms with E-state index in [1.54, 1.807) is 38.6 Å². The summed E-state index contributed by atoms with van der Waals surface area (Å²) in [5.74, 6) is 0.721. The van der Waals surface area contributed by atoms with Crippen molar-refractivity contribution < 1.29 is 14.3 Å². The van der Waals surface area contributed by atoms with Crippen LogP contribution in [0.4, 0.5) is 11.4 Å². The number of carbonyl (C=O) groups excluding carboxylic acids is 1. The monoisotopic (exact) mass is 276 g/mol. The van der Waals surface area contributed by atoms with Crippen LogP contribution in [0.3, 0.4) is 0 Å². The zero-order chi connectivity index (χ0) is 14.7. The van der Waals surface area contributed by atoms with Crippen LogP contribution in [0.1, 0.15) is 10.5 Å². The summed E-state index contributed by atoms with van der Waals surface area (Å²) >= 11 is 0. The van der Waals surface area contributed by atoms with Crippen molar-refractivity contribution in [2.45, 2.75) is 0 Å². The molecular formula is C13H16N4O3. The summed E-state index contributed by atoms with van der Waals surface area (Å²) in [7, 11) is 4.76. The Labute approximate surface area is 116 Å². The van der Waals surface area contributed by atoms with E-state index in [0.717, 1.165) is 0 Å². The highest BCUT2D eigenvalue weighted by Gasteiger charge is 2.16. The minimum Gasteiger partial charge on any atom is -0.497 e. The Balaban J connectivity index is 2.29. The van der Waals surface area contributed by atoms with Crippen LogP contribution < -0.4 is 20.5 Å². The average molecular weight is 276 g/mol. The molecule has 0 saturated heterocycles. The summed E-state index contributed by atoms with van der Waals surface area (Å²) in [4.78, 5) is 12.2. The molecule has 0 saturated carbocycles. The summed E-state index contributed by atoms with van der Waals surface area (Å²) in [6, 6.07) is 5.11. The Bertz CT molecular complexity index is 637. The Hall–Kier alpha value is -2.70. The van der Waals surface area contributed by atoms with Gasteiger partial charge in [0.2, 0.25) is 0 Å². The van der Waals surface area contributed by atoms with Gasteiger partial charge in [-0.25, -0.2) is 0 Å². The molecule has 0 aliphatic carbocycles. The number of benzene rings is 1. The second kappa shape index (κ2) is 5.52. The summed E-state index contributed by atoms with van der Waals surface area (Å²) < 4.78 is 11.8. The molecule has 1 aromatic heterocycles. The van der Waals surface area contributed by atoms with Crippen molar-refractivity contribution in [2.75, 3.05) is 25.3 Å². The number of nitrogen functional groups attached to an aromatic ring is 1.